The Morgan fingerprint density at radius 1 is 1.23 bits per heavy atom. The predicted molar refractivity (Wildman–Crippen MR) is 104 cm³/mol. The van der Waals surface area contributed by atoms with Crippen LogP contribution in [-0.2, 0) is 4.79 Å². The summed E-state index contributed by atoms with van der Waals surface area (Å²) in [5.41, 5.74) is 6.72. The lowest BCUT2D eigenvalue weighted by atomic mass is 9.90. The number of carbonyl (C=O) groups excluding carboxylic acids is 1. The molecule has 0 aromatic heterocycles. The van der Waals surface area contributed by atoms with Gasteiger partial charge in [0.1, 0.15) is 18.4 Å². The molecule has 0 radical (unpaired) electrons. The van der Waals surface area contributed by atoms with Crippen LogP contribution in [0.5, 0.6) is 0 Å². The molecule has 8 heteroatoms. The molecule has 1 aliphatic heterocycles. The van der Waals surface area contributed by atoms with Crippen LogP contribution in [0.25, 0.3) is 5.57 Å². The van der Waals surface area contributed by atoms with Crippen molar-refractivity contribution in [3.05, 3.63) is 53.0 Å². The number of Topliss-reactive ketones (excluding diaryl/α,β-unsaturated/α-hetero) is 1. The van der Waals surface area contributed by atoms with Crippen LogP contribution in [0.3, 0.4) is 0 Å². The van der Waals surface area contributed by atoms with Crippen LogP contribution in [0, 0.1) is 23.1 Å². The average molecular weight is 421 g/mol. The molecule has 30 heavy (non-hydrogen) atoms. The zero-order chi connectivity index (χ0) is 21.9. The molecule has 0 bridgehead atoms. The van der Waals surface area contributed by atoms with Crippen molar-refractivity contribution in [1.29, 1.82) is 5.26 Å². The van der Waals surface area contributed by atoms with Gasteiger partial charge in [0.15, 0.2) is 5.78 Å². The fourth-order valence-electron chi connectivity index (χ4n) is 3.99. The third kappa shape index (κ3) is 5.28. The van der Waals surface area contributed by atoms with Gasteiger partial charge in [-0.15, -0.1) is 0 Å². The molecule has 1 saturated carbocycles. The molecule has 2 aliphatic rings. The molecule has 0 spiro atoms. The number of rotatable bonds is 4. The van der Waals surface area contributed by atoms with Gasteiger partial charge in [-0.3, -0.25) is 4.79 Å². The first kappa shape index (κ1) is 22.0. The molecule has 1 heterocycles. The molecule has 3 rings (SSSR count). The fraction of sp³-hybridized carbons (Fsp3) is 0.455. The van der Waals surface area contributed by atoms with Gasteiger partial charge in [-0.05, 0) is 55.0 Å². The third-order valence-corrected chi connectivity index (χ3v) is 5.59. The third-order valence-electron chi connectivity index (χ3n) is 5.59. The molecule has 2 atom stereocenters. The van der Waals surface area contributed by atoms with Gasteiger partial charge >= 0.3 is 6.18 Å². The lowest BCUT2D eigenvalue weighted by Gasteiger charge is -2.31. The van der Waals surface area contributed by atoms with Gasteiger partial charge in [0.05, 0.1) is 11.3 Å². The maximum absolute atomic E-state index is 14.0. The Hall–Kier alpha value is -2.66. The molecule has 1 aromatic carbocycles. The first-order chi connectivity index (χ1) is 14.2. The maximum atomic E-state index is 14.0. The van der Waals surface area contributed by atoms with Crippen LogP contribution in [0.2, 0.25) is 0 Å². The Balaban J connectivity index is 1.92. The van der Waals surface area contributed by atoms with Crippen LogP contribution in [0.4, 0.5) is 17.6 Å². The normalized spacial score (nSPS) is 22.6. The van der Waals surface area contributed by atoms with E-state index < -0.39 is 18.5 Å². The van der Waals surface area contributed by atoms with Gasteiger partial charge in [-0.1, -0.05) is 18.6 Å². The van der Waals surface area contributed by atoms with E-state index in [1.807, 2.05) is 0 Å². The zero-order valence-electron chi connectivity index (χ0n) is 16.4. The first-order valence-electron chi connectivity index (χ1n) is 9.91. The van der Waals surface area contributed by atoms with E-state index >= 15 is 0 Å². The second-order valence-electron chi connectivity index (χ2n) is 7.82. The number of hydrogen-bond donors (Lipinski definition) is 1. The Kier molecular flexibility index (Phi) is 6.61. The van der Waals surface area contributed by atoms with E-state index in [-0.39, 0.29) is 35.5 Å². The number of halogens is 4. The van der Waals surface area contributed by atoms with Gasteiger partial charge in [-0.25, -0.2) is 4.39 Å². The number of ketones is 1. The number of nitrogens with two attached hydrogens (primary N) is 1. The summed E-state index contributed by atoms with van der Waals surface area (Å²) in [6.45, 7) is -1.34. The number of nitrogens with zero attached hydrogens (tertiary/aromatic N) is 2. The molecule has 1 aliphatic carbocycles. The molecular weight excluding hydrogens is 398 g/mol. The van der Waals surface area contributed by atoms with E-state index in [9.17, 15) is 22.4 Å². The average Bonchev–Trinajstić information content (AvgIpc) is 2.91. The molecule has 4 nitrogen and oxygen atoms in total. The summed E-state index contributed by atoms with van der Waals surface area (Å²) < 4.78 is 53.3. The Morgan fingerprint density at radius 2 is 2.00 bits per heavy atom. The topological polar surface area (TPSA) is 70.1 Å². The summed E-state index contributed by atoms with van der Waals surface area (Å²) in [6, 6.07) is 5.74. The lowest BCUT2D eigenvalue weighted by molar-refractivity contribution is -0.143. The van der Waals surface area contributed by atoms with Crippen molar-refractivity contribution in [3.63, 3.8) is 0 Å². The van der Waals surface area contributed by atoms with Gasteiger partial charge in [0.25, 0.3) is 0 Å². The summed E-state index contributed by atoms with van der Waals surface area (Å²) in [6.07, 6.45) is 1.83. The second kappa shape index (κ2) is 9.00. The smallest absolute Gasteiger partial charge is 0.356 e. The highest BCUT2D eigenvalue weighted by Crippen LogP contribution is 2.32. The lowest BCUT2D eigenvalue weighted by Crippen LogP contribution is -2.39. The SMILES string of the molecule is N#Cc1ccc(C2=CCN(CC(F)(F)F)C(C(=O)[C@H]3CCC[C@@H](N)CC3)=C2)cc1F. The van der Waals surface area contributed by atoms with E-state index in [1.165, 1.54) is 24.3 Å². The van der Waals surface area contributed by atoms with Gasteiger partial charge in [-0.2, -0.15) is 18.4 Å². The van der Waals surface area contributed by atoms with Crippen molar-refractivity contribution in [1.82, 2.24) is 4.90 Å². The molecular formula is C22H23F4N3O. The summed E-state index contributed by atoms with van der Waals surface area (Å²) in [7, 11) is 0. The van der Waals surface area contributed by atoms with Crippen molar-refractivity contribution in [3.8, 4) is 6.07 Å². The quantitative estimate of drug-likeness (QED) is 0.581. The summed E-state index contributed by atoms with van der Waals surface area (Å²) in [5, 5.41) is 8.88. The van der Waals surface area contributed by atoms with Crippen molar-refractivity contribution in [2.45, 2.75) is 44.3 Å². The molecule has 0 saturated heterocycles. The van der Waals surface area contributed by atoms with Crippen LogP contribution >= 0.6 is 0 Å². The Bertz CT molecular complexity index is 914. The van der Waals surface area contributed by atoms with Gasteiger partial charge in [0, 0.05) is 18.5 Å². The summed E-state index contributed by atoms with van der Waals surface area (Å²) in [5.74, 6) is -1.42. The molecule has 1 aromatic rings. The van der Waals surface area contributed by atoms with E-state index in [0.717, 1.165) is 23.8 Å². The molecule has 160 valence electrons. The predicted octanol–water partition coefficient (Wildman–Crippen LogP) is 4.32. The minimum atomic E-state index is -4.46. The van der Waals surface area contributed by atoms with E-state index in [2.05, 4.69) is 0 Å². The largest absolute Gasteiger partial charge is 0.405 e. The summed E-state index contributed by atoms with van der Waals surface area (Å²) >= 11 is 0. The minimum Gasteiger partial charge on any atom is -0.356 e. The first-order valence-corrected chi connectivity index (χ1v) is 9.91. The van der Waals surface area contributed by atoms with Gasteiger partial charge in [0.2, 0.25) is 0 Å². The van der Waals surface area contributed by atoms with Crippen molar-refractivity contribution < 1.29 is 22.4 Å². The molecule has 2 N–H and O–H groups in total. The maximum Gasteiger partial charge on any atom is 0.405 e. The standard InChI is InChI=1S/C22H23F4N3O/c23-19-10-15(4-5-17(19)12-27)16-8-9-29(13-22(24,25)26)20(11-16)21(30)14-2-1-3-18(28)7-6-14/h4-5,8,10-11,14,18H,1-3,6-7,9,13,28H2/t14-,18+/m0/s1. The van der Waals surface area contributed by atoms with Crippen LogP contribution in [0.15, 0.2) is 36.0 Å². The number of hydrogen-bond acceptors (Lipinski definition) is 4. The Morgan fingerprint density at radius 3 is 2.67 bits per heavy atom. The molecule has 0 amide bonds. The number of allylic oxidation sites excluding steroid dienone is 3. The summed E-state index contributed by atoms with van der Waals surface area (Å²) in [4.78, 5) is 14.2. The van der Waals surface area contributed by atoms with E-state index in [0.29, 0.717) is 30.4 Å². The van der Waals surface area contributed by atoms with Crippen molar-refractivity contribution in [2.24, 2.45) is 11.7 Å². The highest BCUT2D eigenvalue weighted by atomic mass is 19.4. The minimum absolute atomic E-state index is 0.00457. The molecule has 0 unspecified atom stereocenters. The second-order valence-corrected chi connectivity index (χ2v) is 7.82. The van der Waals surface area contributed by atoms with E-state index in [1.54, 1.807) is 6.07 Å². The highest BCUT2D eigenvalue weighted by molar-refractivity contribution is 6.00. The number of alkyl halides is 3. The van der Waals surface area contributed by atoms with E-state index in [4.69, 9.17) is 11.0 Å². The van der Waals surface area contributed by atoms with Gasteiger partial charge < -0.3 is 10.6 Å². The van der Waals surface area contributed by atoms with Crippen molar-refractivity contribution >= 4 is 11.4 Å². The number of carbonyl (C=O) groups is 1. The Labute approximate surface area is 172 Å². The van der Waals surface area contributed by atoms with Crippen LogP contribution < -0.4 is 5.73 Å². The fourth-order valence-corrected chi connectivity index (χ4v) is 3.99. The van der Waals surface area contributed by atoms with Crippen molar-refractivity contribution in [2.75, 3.05) is 13.1 Å². The molecule has 1 fully saturated rings. The van der Waals surface area contributed by atoms with Crippen LogP contribution in [0.1, 0.15) is 43.2 Å². The number of nitriles is 1. The van der Waals surface area contributed by atoms with Crippen LogP contribution in [-0.4, -0.2) is 36.0 Å². The monoisotopic (exact) mass is 421 g/mol. The number of benzene rings is 1. The highest BCUT2D eigenvalue weighted by Gasteiger charge is 2.36. The zero-order valence-corrected chi connectivity index (χ0v) is 16.4.